The van der Waals surface area contributed by atoms with E-state index in [0.29, 0.717) is 29.5 Å². The van der Waals surface area contributed by atoms with E-state index < -0.39 is 0 Å². The number of carbonyl (C=O) groups excluding carboxylic acids is 1. The number of amides is 2. The molecule has 2 heterocycles. The van der Waals surface area contributed by atoms with Gasteiger partial charge in [0.2, 0.25) is 0 Å². The van der Waals surface area contributed by atoms with Gasteiger partial charge < -0.3 is 19.7 Å². The van der Waals surface area contributed by atoms with Gasteiger partial charge in [0, 0.05) is 30.4 Å². The van der Waals surface area contributed by atoms with Crippen LogP contribution in [0.1, 0.15) is 6.42 Å². The van der Waals surface area contributed by atoms with Gasteiger partial charge in [-0.2, -0.15) is 0 Å². The molecule has 1 atom stereocenters. The van der Waals surface area contributed by atoms with Crippen LogP contribution in [0.3, 0.4) is 0 Å². The second-order valence-electron chi connectivity index (χ2n) is 5.43. The molecule has 2 amide bonds. The molecule has 0 aliphatic carbocycles. The Bertz CT molecular complexity index is 711. The summed E-state index contributed by atoms with van der Waals surface area (Å²) in [5.41, 5.74) is 0.550. The summed E-state index contributed by atoms with van der Waals surface area (Å²) in [6.07, 6.45) is 4.11. The highest BCUT2D eigenvalue weighted by molar-refractivity contribution is 6.31. The zero-order chi connectivity index (χ0) is 16.9. The van der Waals surface area contributed by atoms with Gasteiger partial charge in [0.1, 0.15) is 17.6 Å². The SMILES string of the molecule is COc1ccc(Cl)cc1NC(=O)N1CC[C@@H](Oc2ccncc2)C1. The van der Waals surface area contributed by atoms with Gasteiger partial charge in [-0.15, -0.1) is 0 Å². The fourth-order valence-corrected chi connectivity index (χ4v) is 2.76. The minimum absolute atomic E-state index is 0.0283. The van der Waals surface area contributed by atoms with Crippen molar-refractivity contribution in [2.75, 3.05) is 25.5 Å². The molecule has 1 fully saturated rings. The molecule has 1 N–H and O–H groups in total. The number of urea groups is 1. The maximum Gasteiger partial charge on any atom is 0.322 e. The molecule has 2 aromatic rings. The summed E-state index contributed by atoms with van der Waals surface area (Å²) >= 11 is 5.98. The van der Waals surface area contributed by atoms with Crippen LogP contribution in [0.4, 0.5) is 10.5 Å². The van der Waals surface area contributed by atoms with E-state index in [-0.39, 0.29) is 12.1 Å². The Balaban J connectivity index is 1.60. The third-order valence-corrected chi connectivity index (χ3v) is 4.02. The number of nitrogens with zero attached hydrogens (tertiary/aromatic N) is 2. The molecule has 1 saturated heterocycles. The number of carbonyl (C=O) groups is 1. The standard InChI is InChI=1S/C17H18ClN3O3/c1-23-16-3-2-12(18)10-15(16)20-17(22)21-9-6-14(11-21)24-13-4-7-19-8-5-13/h2-5,7-8,10,14H,6,9,11H2,1H3,(H,20,22)/t14-/m1/s1. The predicted octanol–water partition coefficient (Wildman–Crippen LogP) is 3.43. The summed E-state index contributed by atoms with van der Waals surface area (Å²) in [4.78, 5) is 18.1. The molecule has 1 aromatic heterocycles. The van der Waals surface area contributed by atoms with Crippen LogP contribution in [0.25, 0.3) is 0 Å². The summed E-state index contributed by atoms with van der Waals surface area (Å²) in [5, 5.41) is 3.37. The predicted molar refractivity (Wildman–Crippen MR) is 91.9 cm³/mol. The van der Waals surface area contributed by atoms with E-state index in [1.807, 2.05) is 0 Å². The number of anilines is 1. The monoisotopic (exact) mass is 347 g/mol. The van der Waals surface area contributed by atoms with Gasteiger partial charge in [-0.1, -0.05) is 11.6 Å². The molecular formula is C17H18ClN3O3. The van der Waals surface area contributed by atoms with E-state index in [1.165, 1.54) is 0 Å². The Morgan fingerprint density at radius 2 is 2.12 bits per heavy atom. The highest BCUT2D eigenvalue weighted by Gasteiger charge is 2.28. The van der Waals surface area contributed by atoms with Gasteiger partial charge in [0.25, 0.3) is 0 Å². The van der Waals surface area contributed by atoms with Crippen LogP contribution in [0.15, 0.2) is 42.7 Å². The van der Waals surface area contributed by atoms with Crippen molar-refractivity contribution in [2.45, 2.75) is 12.5 Å². The second kappa shape index (κ2) is 7.40. The van der Waals surface area contributed by atoms with E-state index in [9.17, 15) is 4.79 Å². The molecule has 1 aliphatic heterocycles. The number of aromatic nitrogens is 1. The van der Waals surface area contributed by atoms with Crippen molar-refractivity contribution in [3.63, 3.8) is 0 Å². The molecule has 3 rings (SSSR count). The number of benzene rings is 1. The number of methoxy groups -OCH3 is 1. The first-order valence-corrected chi connectivity index (χ1v) is 7.99. The minimum Gasteiger partial charge on any atom is -0.495 e. The van der Waals surface area contributed by atoms with Gasteiger partial charge in [-0.25, -0.2) is 4.79 Å². The summed E-state index contributed by atoms with van der Waals surface area (Å²) in [7, 11) is 1.55. The van der Waals surface area contributed by atoms with Gasteiger partial charge in [-0.3, -0.25) is 4.98 Å². The van der Waals surface area contributed by atoms with Crippen LogP contribution in [0.5, 0.6) is 11.5 Å². The number of hydrogen-bond donors (Lipinski definition) is 1. The summed E-state index contributed by atoms with van der Waals surface area (Å²) in [6.45, 7) is 1.15. The highest BCUT2D eigenvalue weighted by atomic mass is 35.5. The van der Waals surface area contributed by atoms with E-state index in [1.54, 1.807) is 54.7 Å². The first kappa shape index (κ1) is 16.4. The highest BCUT2D eigenvalue weighted by Crippen LogP contribution is 2.28. The zero-order valence-electron chi connectivity index (χ0n) is 13.2. The molecule has 0 unspecified atom stereocenters. The number of rotatable bonds is 4. The maximum absolute atomic E-state index is 12.4. The van der Waals surface area contributed by atoms with Crippen LogP contribution in [0, 0.1) is 0 Å². The molecule has 1 aliphatic rings. The molecule has 0 saturated carbocycles. The third-order valence-electron chi connectivity index (χ3n) is 3.79. The van der Waals surface area contributed by atoms with Crippen LogP contribution < -0.4 is 14.8 Å². The Kier molecular flexibility index (Phi) is 5.05. The first-order valence-electron chi connectivity index (χ1n) is 7.62. The van der Waals surface area contributed by atoms with E-state index >= 15 is 0 Å². The maximum atomic E-state index is 12.4. The van der Waals surface area contributed by atoms with Crippen molar-refractivity contribution in [1.29, 1.82) is 0 Å². The van der Waals surface area contributed by atoms with E-state index in [4.69, 9.17) is 21.1 Å². The fourth-order valence-electron chi connectivity index (χ4n) is 2.59. The van der Waals surface area contributed by atoms with Crippen molar-refractivity contribution in [3.05, 3.63) is 47.7 Å². The Morgan fingerprint density at radius 1 is 1.33 bits per heavy atom. The van der Waals surface area contributed by atoms with Crippen LogP contribution in [-0.2, 0) is 0 Å². The van der Waals surface area contributed by atoms with Crippen LogP contribution in [-0.4, -0.2) is 42.2 Å². The lowest BCUT2D eigenvalue weighted by Gasteiger charge is -2.19. The van der Waals surface area contributed by atoms with Crippen molar-refractivity contribution >= 4 is 23.3 Å². The topological polar surface area (TPSA) is 63.7 Å². The Morgan fingerprint density at radius 3 is 2.88 bits per heavy atom. The Hall–Kier alpha value is -2.47. The van der Waals surface area contributed by atoms with Crippen LogP contribution in [0.2, 0.25) is 5.02 Å². The van der Waals surface area contributed by atoms with E-state index in [2.05, 4.69) is 10.3 Å². The second-order valence-corrected chi connectivity index (χ2v) is 5.87. The van der Waals surface area contributed by atoms with Gasteiger partial charge in [0.05, 0.1) is 19.3 Å². The zero-order valence-corrected chi connectivity index (χ0v) is 14.0. The fraction of sp³-hybridized carbons (Fsp3) is 0.294. The quantitative estimate of drug-likeness (QED) is 0.920. The molecule has 0 radical (unpaired) electrons. The van der Waals surface area contributed by atoms with Gasteiger partial charge in [0.15, 0.2) is 0 Å². The largest absolute Gasteiger partial charge is 0.495 e. The number of halogens is 1. The third kappa shape index (κ3) is 3.89. The molecular weight excluding hydrogens is 330 g/mol. The number of likely N-dealkylation sites (tertiary alicyclic amines) is 1. The average Bonchev–Trinajstić information content (AvgIpc) is 3.05. The lowest BCUT2D eigenvalue weighted by atomic mass is 10.3. The normalized spacial score (nSPS) is 16.8. The van der Waals surface area contributed by atoms with Crippen molar-refractivity contribution in [2.24, 2.45) is 0 Å². The number of pyridine rings is 1. The van der Waals surface area contributed by atoms with Crippen molar-refractivity contribution < 1.29 is 14.3 Å². The molecule has 1 aromatic carbocycles. The van der Waals surface area contributed by atoms with E-state index in [0.717, 1.165) is 12.2 Å². The molecule has 0 bridgehead atoms. The molecule has 24 heavy (non-hydrogen) atoms. The Labute approximate surface area is 145 Å². The van der Waals surface area contributed by atoms with Crippen molar-refractivity contribution in [3.8, 4) is 11.5 Å². The first-order chi connectivity index (χ1) is 11.7. The molecule has 6 nitrogen and oxygen atoms in total. The van der Waals surface area contributed by atoms with Crippen molar-refractivity contribution in [1.82, 2.24) is 9.88 Å². The van der Waals surface area contributed by atoms with Crippen LogP contribution >= 0.6 is 11.6 Å². The number of hydrogen-bond acceptors (Lipinski definition) is 4. The lowest BCUT2D eigenvalue weighted by Crippen LogP contribution is -2.34. The minimum atomic E-state index is -0.198. The summed E-state index contributed by atoms with van der Waals surface area (Å²) in [5.74, 6) is 1.32. The van der Waals surface area contributed by atoms with Gasteiger partial charge in [-0.05, 0) is 30.3 Å². The smallest absolute Gasteiger partial charge is 0.322 e. The summed E-state index contributed by atoms with van der Waals surface area (Å²) < 4.78 is 11.1. The molecule has 7 heteroatoms. The van der Waals surface area contributed by atoms with Gasteiger partial charge >= 0.3 is 6.03 Å². The lowest BCUT2D eigenvalue weighted by molar-refractivity contribution is 0.194. The average molecular weight is 348 g/mol. The molecule has 126 valence electrons. The summed E-state index contributed by atoms with van der Waals surface area (Å²) in [6, 6.07) is 8.51. The number of ether oxygens (including phenoxy) is 2. The number of nitrogens with one attached hydrogen (secondary N) is 1. The molecule has 0 spiro atoms.